The van der Waals surface area contributed by atoms with E-state index in [1.165, 1.54) is 11.3 Å². The lowest BCUT2D eigenvalue weighted by Crippen LogP contribution is -2.22. The Hall–Kier alpha value is -2.67. The average Bonchev–Trinajstić information content (AvgIpc) is 3.07. The van der Waals surface area contributed by atoms with Crippen molar-refractivity contribution in [3.63, 3.8) is 0 Å². The fourth-order valence-corrected chi connectivity index (χ4v) is 3.74. The molecule has 1 aromatic heterocycles. The van der Waals surface area contributed by atoms with Gasteiger partial charge in [-0.25, -0.2) is 9.59 Å². The Morgan fingerprint density at radius 2 is 1.72 bits per heavy atom. The van der Waals surface area contributed by atoms with Crippen LogP contribution in [0.25, 0.3) is 0 Å². The number of hydrogen-bond donors (Lipinski definition) is 1. The van der Waals surface area contributed by atoms with Gasteiger partial charge in [0.2, 0.25) is 0 Å². The predicted octanol–water partition coefficient (Wildman–Crippen LogP) is 4.48. The van der Waals surface area contributed by atoms with Gasteiger partial charge in [-0.3, -0.25) is 4.79 Å². The molecule has 2 aromatic rings. The molecule has 0 spiro atoms. The first kappa shape index (κ1) is 22.6. The van der Waals surface area contributed by atoms with Crippen molar-refractivity contribution in [1.82, 2.24) is 0 Å². The summed E-state index contributed by atoms with van der Waals surface area (Å²) in [4.78, 5) is 36.8. The van der Waals surface area contributed by atoms with Crippen LogP contribution < -0.4 is 5.32 Å². The van der Waals surface area contributed by atoms with E-state index in [2.05, 4.69) is 19.2 Å². The van der Waals surface area contributed by atoms with Gasteiger partial charge in [0.15, 0.2) is 6.61 Å². The maximum Gasteiger partial charge on any atom is 0.341 e. The van der Waals surface area contributed by atoms with Gasteiger partial charge in [-0.05, 0) is 54.3 Å². The smallest absolute Gasteiger partial charge is 0.341 e. The normalized spacial score (nSPS) is 10.7. The van der Waals surface area contributed by atoms with Crippen LogP contribution in [-0.4, -0.2) is 31.1 Å². The molecule has 29 heavy (non-hydrogen) atoms. The Kier molecular flexibility index (Phi) is 8.39. The number of hydrogen-bond acceptors (Lipinski definition) is 6. The monoisotopic (exact) mass is 417 g/mol. The Balaban J connectivity index is 2.02. The van der Waals surface area contributed by atoms with Gasteiger partial charge in [0.25, 0.3) is 5.91 Å². The second kappa shape index (κ2) is 10.8. The number of ether oxygens (including phenoxy) is 2. The van der Waals surface area contributed by atoms with Crippen LogP contribution in [0.5, 0.6) is 0 Å². The summed E-state index contributed by atoms with van der Waals surface area (Å²) >= 11 is 1.26. The minimum atomic E-state index is -0.569. The number of amides is 1. The lowest BCUT2D eigenvalue weighted by atomic mass is 10.0. The summed E-state index contributed by atoms with van der Waals surface area (Å²) < 4.78 is 10.2. The highest BCUT2D eigenvalue weighted by atomic mass is 32.1. The van der Waals surface area contributed by atoms with Crippen molar-refractivity contribution in [1.29, 1.82) is 0 Å². The second-order valence-electron chi connectivity index (χ2n) is 6.96. The largest absolute Gasteiger partial charge is 0.462 e. The molecule has 1 heterocycles. The third kappa shape index (κ3) is 6.42. The number of nitrogens with one attached hydrogen (secondary N) is 1. The van der Waals surface area contributed by atoms with Crippen LogP contribution in [0.1, 0.15) is 59.5 Å². The zero-order chi connectivity index (χ0) is 21.4. The van der Waals surface area contributed by atoms with Gasteiger partial charge in [0, 0.05) is 0 Å². The van der Waals surface area contributed by atoms with E-state index >= 15 is 0 Å². The summed E-state index contributed by atoms with van der Waals surface area (Å²) in [5, 5.41) is 4.93. The zero-order valence-corrected chi connectivity index (χ0v) is 18.1. The second-order valence-corrected chi connectivity index (χ2v) is 7.84. The molecule has 0 bridgehead atoms. The molecule has 0 saturated heterocycles. The molecule has 0 fully saturated rings. The van der Waals surface area contributed by atoms with Crippen LogP contribution in [0.3, 0.4) is 0 Å². The number of rotatable bonds is 9. The minimum absolute atomic E-state index is 0.248. The van der Waals surface area contributed by atoms with Crippen molar-refractivity contribution in [2.45, 2.75) is 40.5 Å². The van der Waals surface area contributed by atoms with Crippen molar-refractivity contribution < 1.29 is 23.9 Å². The quantitative estimate of drug-likeness (QED) is 0.608. The molecule has 7 heteroatoms. The third-order valence-corrected chi connectivity index (χ3v) is 5.10. The highest BCUT2D eigenvalue weighted by Gasteiger charge is 2.22. The van der Waals surface area contributed by atoms with E-state index in [9.17, 15) is 14.4 Å². The van der Waals surface area contributed by atoms with Crippen LogP contribution in [-0.2, 0) is 27.1 Å². The maximum atomic E-state index is 12.4. The fourth-order valence-electron chi connectivity index (χ4n) is 2.76. The van der Waals surface area contributed by atoms with Crippen molar-refractivity contribution in [2.24, 2.45) is 5.92 Å². The van der Waals surface area contributed by atoms with Crippen molar-refractivity contribution in [3.8, 4) is 0 Å². The topological polar surface area (TPSA) is 81.7 Å². The molecule has 1 aromatic carbocycles. The summed E-state index contributed by atoms with van der Waals surface area (Å²) in [6.07, 6.45) is 1.57. The molecule has 2 rings (SSSR count). The number of thiophene rings is 1. The van der Waals surface area contributed by atoms with Gasteiger partial charge in [-0.1, -0.05) is 32.9 Å². The Morgan fingerprint density at radius 1 is 1.03 bits per heavy atom. The number of esters is 2. The first-order valence-corrected chi connectivity index (χ1v) is 10.6. The Labute approximate surface area is 175 Å². The van der Waals surface area contributed by atoms with Crippen LogP contribution in [0, 0.1) is 5.92 Å². The van der Waals surface area contributed by atoms with Crippen LogP contribution >= 0.6 is 11.3 Å². The summed E-state index contributed by atoms with van der Waals surface area (Å²) in [5.41, 5.74) is 2.71. The zero-order valence-electron chi connectivity index (χ0n) is 17.2. The van der Waals surface area contributed by atoms with Crippen LogP contribution in [0.15, 0.2) is 29.6 Å². The van der Waals surface area contributed by atoms with E-state index < -0.39 is 24.5 Å². The summed E-state index contributed by atoms with van der Waals surface area (Å²) in [6, 6.07) is 7.05. The van der Waals surface area contributed by atoms with Crippen molar-refractivity contribution in [2.75, 3.05) is 18.5 Å². The van der Waals surface area contributed by atoms with Crippen molar-refractivity contribution in [3.05, 3.63) is 51.9 Å². The first-order chi connectivity index (χ1) is 13.8. The Bertz CT molecular complexity index is 855. The van der Waals surface area contributed by atoms with Gasteiger partial charge in [-0.15, -0.1) is 11.3 Å². The van der Waals surface area contributed by atoms with Crippen LogP contribution in [0.2, 0.25) is 0 Å². The molecule has 0 unspecified atom stereocenters. The number of anilines is 1. The maximum absolute atomic E-state index is 12.4. The molecule has 156 valence electrons. The molecule has 0 aliphatic rings. The van der Waals surface area contributed by atoms with Gasteiger partial charge < -0.3 is 14.8 Å². The van der Waals surface area contributed by atoms with Crippen LogP contribution in [0.4, 0.5) is 5.00 Å². The van der Waals surface area contributed by atoms with Crippen molar-refractivity contribution >= 4 is 34.2 Å². The number of aryl methyl sites for hydroxylation is 1. The minimum Gasteiger partial charge on any atom is -0.462 e. The highest BCUT2D eigenvalue weighted by Crippen LogP contribution is 2.31. The standard InChI is InChI=1S/C22H27NO5S/c1-5-15-7-9-16(10-8-15)21(25)28-12-18(24)23-20-19(22(26)27-6-2)17(13-29-20)11-14(3)4/h7-10,13-14H,5-6,11-12H2,1-4H3,(H,23,24). The molecular weight excluding hydrogens is 390 g/mol. The van der Waals surface area contributed by atoms with E-state index in [0.29, 0.717) is 28.5 Å². The Morgan fingerprint density at radius 3 is 2.31 bits per heavy atom. The molecule has 0 radical (unpaired) electrons. The predicted molar refractivity (Wildman–Crippen MR) is 114 cm³/mol. The lowest BCUT2D eigenvalue weighted by Gasteiger charge is -2.10. The number of carbonyl (C=O) groups is 3. The molecule has 0 aliphatic heterocycles. The molecule has 1 amide bonds. The number of benzene rings is 1. The molecule has 0 saturated carbocycles. The first-order valence-electron chi connectivity index (χ1n) is 9.69. The van der Waals surface area contributed by atoms with E-state index in [-0.39, 0.29) is 6.61 Å². The van der Waals surface area contributed by atoms with Gasteiger partial charge >= 0.3 is 11.9 Å². The SMILES string of the molecule is CCOC(=O)c1c(CC(C)C)csc1NC(=O)COC(=O)c1ccc(CC)cc1. The van der Waals surface area contributed by atoms with E-state index in [1.807, 2.05) is 24.4 Å². The molecule has 6 nitrogen and oxygen atoms in total. The van der Waals surface area contributed by atoms with E-state index in [0.717, 1.165) is 17.5 Å². The van der Waals surface area contributed by atoms with E-state index in [4.69, 9.17) is 9.47 Å². The average molecular weight is 418 g/mol. The third-order valence-electron chi connectivity index (χ3n) is 4.16. The number of carbonyl (C=O) groups excluding carboxylic acids is 3. The van der Waals surface area contributed by atoms with E-state index in [1.54, 1.807) is 19.1 Å². The lowest BCUT2D eigenvalue weighted by molar-refractivity contribution is -0.119. The van der Waals surface area contributed by atoms with Gasteiger partial charge in [0.05, 0.1) is 17.7 Å². The summed E-state index contributed by atoms with van der Waals surface area (Å²) in [5.74, 6) is -1.19. The molecule has 0 aliphatic carbocycles. The van der Waals surface area contributed by atoms with Gasteiger partial charge in [0.1, 0.15) is 5.00 Å². The molecular formula is C22H27NO5S. The summed E-state index contributed by atoms with van der Waals surface area (Å²) in [6.45, 7) is 7.68. The highest BCUT2D eigenvalue weighted by molar-refractivity contribution is 7.15. The molecule has 0 atom stereocenters. The fraction of sp³-hybridized carbons (Fsp3) is 0.409. The summed E-state index contributed by atoms with van der Waals surface area (Å²) in [7, 11) is 0. The molecule has 1 N–H and O–H groups in total. The van der Waals surface area contributed by atoms with Gasteiger partial charge in [-0.2, -0.15) is 0 Å².